The molecule has 0 unspecified atom stereocenters. The molecular weight excluding hydrogens is 230 g/mol. The fourth-order valence-electron chi connectivity index (χ4n) is 1.11. The lowest BCUT2D eigenvalue weighted by Gasteiger charge is -2.06. The lowest BCUT2D eigenvalue weighted by Crippen LogP contribution is -2.13. The number of hydrazine groups is 1. The Labute approximate surface area is 97.1 Å². The fraction of sp³-hybridized carbons (Fsp3) is 0.500. The third-order valence-corrected chi connectivity index (χ3v) is 1.84. The normalized spacial score (nSPS) is 10.0. The third-order valence-electron chi connectivity index (χ3n) is 1.84. The minimum absolute atomic E-state index is 0.0910. The standard InChI is InChI=1S/C8H13N5O4/c1-16-3-2-4-17-8-6(13(14)15)7(12-9)10-5-11-8/h5H,2-4,9H2,1H3,(H,10,11,12). The second kappa shape index (κ2) is 6.55. The van der Waals surface area contributed by atoms with Crippen LogP contribution >= 0.6 is 0 Å². The maximum Gasteiger partial charge on any atom is 0.374 e. The van der Waals surface area contributed by atoms with Crippen LogP contribution in [0.4, 0.5) is 11.5 Å². The first-order valence-corrected chi connectivity index (χ1v) is 4.78. The molecule has 0 aliphatic heterocycles. The molecule has 1 aromatic heterocycles. The van der Waals surface area contributed by atoms with Crippen molar-refractivity contribution in [2.75, 3.05) is 25.7 Å². The molecule has 9 heteroatoms. The smallest absolute Gasteiger partial charge is 0.374 e. The van der Waals surface area contributed by atoms with E-state index in [4.69, 9.17) is 15.3 Å². The van der Waals surface area contributed by atoms with Crippen molar-refractivity contribution in [1.82, 2.24) is 9.97 Å². The molecule has 0 fully saturated rings. The Morgan fingerprint density at radius 3 is 2.88 bits per heavy atom. The molecule has 0 bridgehead atoms. The van der Waals surface area contributed by atoms with Gasteiger partial charge in [0.1, 0.15) is 6.33 Å². The number of methoxy groups -OCH3 is 1. The van der Waals surface area contributed by atoms with Crippen molar-refractivity contribution in [2.24, 2.45) is 5.84 Å². The zero-order valence-corrected chi connectivity index (χ0v) is 9.25. The summed E-state index contributed by atoms with van der Waals surface area (Å²) in [6.45, 7) is 0.760. The SMILES string of the molecule is COCCCOc1ncnc(NN)c1[N+](=O)[O-]. The van der Waals surface area contributed by atoms with Gasteiger partial charge in [-0.3, -0.25) is 10.1 Å². The highest BCUT2D eigenvalue weighted by molar-refractivity contribution is 5.60. The Kier molecular flexibility index (Phi) is 5.04. The number of nitro groups is 1. The zero-order chi connectivity index (χ0) is 12.7. The number of nitrogens with one attached hydrogen (secondary N) is 1. The Morgan fingerprint density at radius 1 is 1.53 bits per heavy atom. The molecule has 0 aliphatic carbocycles. The average Bonchev–Trinajstić information content (AvgIpc) is 2.33. The van der Waals surface area contributed by atoms with Gasteiger partial charge in [0, 0.05) is 20.1 Å². The lowest BCUT2D eigenvalue weighted by molar-refractivity contribution is -0.385. The molecule has 9 nitrogen and oxygen atoms in total. The molecule has 0 aliphatic rings. The van der Waals surface area contributed by atoms with Gasteiger partial charge >= 0.3 is 5.69 Å². The number of ether oxygens (including phenoxy) is 2. The Morgan fingerprint density at radius 2 is 2.29 bits per heavy atom. The summed E-state index contributed by atoms with van der Waals surface area (Å²) in [7, 11) is 1.56. The summed E-state index contributed by atoms with van der Waals surface area (Å²) in [6, 6.07) is 0. The van der Waals surface area contributed by atoms with E-state index in [-0.39, 0.29) is 24.0 Å². The van der Waals surface area contributed by atoms with Crippen molar-refractivity contribution in [3.63, 3.8) is 0 Å². The van der Waals surface area contributed by atoms with Crippen molar-refractivity contribution in [3.05, 3.63) is 16.4 Å². The first-order chi connectivity index (χ1) is 8.20. The molecule has 17 heavy (non-hydrogen) atoms. The molecule has 0 aromatic carbocycles. The molecule has 1 rings (SSSR count). The van der Waals surface area contributed by atoms with Crippen LogP contribution in [-0.2, 0) is 4.74 Å². The van der Waals surface area contributed by atoms with Gasteiger partial charge < -0.3 is 14.9 Å². The molecule has 0 spiro atoms. The number of aromatic nitrogens is 2. The molecule has 0 radical (unpaired) electrons. The molecule has 0 saturated carbocycles. The van der Waals surface area contributed by atoms with E-state index in [1.54, 1.807) is 7.11 Å². The van der Waals surface area contributed by atoms with Crippen LogP contribution < -0.4 is 16.0 Å². The van der Waals surface area contributed by atoms with Crippen molar-refractivity contribution in [3.8, 4) is 5.88 Å². The Bertz CT molecular complexity index is 386. The lowest BCUT2D eigenvalue weighted by atomic mass is 10.4. The van der Waals surface area contributed by atoms with Crippen LogP contribution in [0.15, 0.2) is 6.33 Å². The van der Waals surface area contributed by atoms with Gasteiger partial charge in [-0.15, -0.1) is 0 Å². The van der Waals surface area contributed by atoms with Gasteiger partial charge in [-0.2, -0.15) is 4.98 Å². The largest absolute Gasteiger partial charge is 0.473 e. The zero-order valence-electron chi connectivity index (χ0n) is 9.25. The predicted molar refractivity (Wildman–Crippen MR) is 58.5 cm³/mol. The van der Waals surface area contributed by atoms with Crippen LogP contribution in [0.3, 0.4) is 0 Å². The molecule has 1 heterocycles. The first kappa shape index (κ1) is 13.1. The predicted octanol–water partition coefficient (Wildman–Crippen LogP) is 0.0857. The third kappa shape index (κ3) is 3.50. The molecule has 0 atom stereocenters. The van der Waals surface area contributed by atoms with E-state index in [0.29, 0.717) is 13.0 Å². The van der Waals surface area contributed by atoms with Crippen molar-refractivity contribution in [2.45, 2.75) is 6.42 Å². The van der Waals surface area contributed by atoms with Gasteiger partial charge in [-0.1, -0.05) is 0 Å². The van der Waals surface area contributed by atoms with E-state index in [2.05, 4.69) is 15.4 Å². The molecule has 94 valence electrons. The molecule has 0 saturated heterocycles. The summed E-state index contributed by atoms with van der Waals surface area (Å²) in [5, 5.41) is 10.8. The average molecular weight is 243 g/mol. The van der Waals surface area contributed by atoms with Crippen molar-refractivity contribution >= 4 is 11.5 Å². The van der Waals surface area contributed by atoms with Crippen molar-refractivity contribution in [1.29, 1.82) is 0 Å². The van der Waals surface area contributed by atoms with E-state index in [9.17, 15) is 10.1 Å². The number of nitrogens with zero attached hydrogens (tertiary/aromatic N) is 3. The Balaban J connectivity index is 2.79. The number of anilines is 1. The molecule has 3 N–H and O–H groups in total. The second-order valence-corrected chi connectivity index (χ2v) is 2.97. The highest BCUT2D eigenvalue weighted by Crippen LogP contribution is 2.29. The van der Waals surface area contributed by atoms with Crippen LogP contribution in [0.1, 0.15) is 6.42 Å². The molecule has 0 amide bonds. The minimum atomic E-state index is -0.652. The van der Waals surface area contributed by atoms with E-state index in [0.717, 1.165) is 6.33 Å². The number of rotatable bonds is 7. The summed E-state index contributed by atoms with van der Waals surface area (Å²) in [6.07, 6.45) is 1.73. The maximum absolute atomic E-state index is 10.8. The van der Waals surface area contributed by atoms with Gasteiger partial charge in [0.05, 0.1) is 11.5 Å². The van der Waals surface area contributed by atoms with E-state index in [1.807, 2.05) is 0 Å². The minimum Gasteiger partial charge on any atom is -0.473 e. The molecular formula is C8H13N5O4. The monoisotopic (exact) mass is 243 g/mol. The number of nitrogens with two attached hydrogens (primary N) is 1. The summed E-state index contributed by atoms with van der Waals surface area (Å²) in [5.41, 5.74) is 1.74. The Hall–Kier alpha value is -2.00. The summed E-state index contributed by atoms with van der Waals surface area (Å²) in [5.74, 6) is 4.91. The van der Waals surface area contributed by atoms with Crippen molar-refractivity contribution < 1.29 is 14.4 Å². The summed E-state index contributed by atoms with van der Waals surface area (Å²) in [4.78, 5) is 17.5. The molecule has 1 aromatic rings. The van der Waals surface area contributed by atoms with Gasteiger partial charge in [0.2, 0.25) is 5.82 Å². The fourth-order valence-corrected chi connectivity index (χ4v) is 1.11. The quantitative estimate of drug-likeness (QED) is 0.298. The van der Waals surface area contributed by atoms with E-state index < -0.39 is 4.92 Å². The maximum atomic E-state index is 10.8. The van der Waals surface area contributed by atoms with Gasteiger partial charge in [-0.25, -0.2) is 10.8 Å². The highest BCUT2D eigenvalue weighted by Gasteiger charge is 2.23. The van der Waals surface area contributed by atoms with Gasteiger partial charge in [-0.05, 0) is 0 Å². The van der Waals surface area contributed by atoms with E-state index in [1.165, 1.54) is 0 Å². The van der Waals surface area contributed by atoms with Crippen LogP contribution in [0.25, 0.3) is 0 Å². The van der Waals surface area contributed by atoms with Crippen LogP contribution in [0.2, 0.25) is 0 Å². The van der Waals surface area contributed by atoms with Gasteiger partial charge in [0.25, 0.3) is 5.88 Å². The summed E-state index contributed by atoms with van der Waals surface area (Å²) < 4.78 is 10.00. The highest BCUT2D eigenvalue weighted by atomic mass is 16.6. The van der Waals surface area contributed by atoms with Crippen LogP contribution in [0.5, 0.6) is 5.88 Å². The number of nitrogen functional groups attached to an aromatic ring is 1. The number of hydrogen-bond acceptors (Lipinski definition) is 8. The topological polar surface area (TPSA) is 125 Å². The van der Waals surface area contributed by atoms with Crippen LogP contribution in [-0.4, -0.2) is 35.2 Å². The van der Waals surface area contributed by atoms with Crippen LogP contribution in [0, 0.1) is 10.1 Å². The second-order valence-electron chi connectivity index (χ2n) is 2.97. The summed E-state index contributed by atoms with van der Waals surface area (Å²) >= 11 is 0. The first-order valence-electron chi connectivity index (χ1n) is 4.78. The number of hydrogen-bond donors (Lipinski definition) is 2. The van der Waals surface area contributed by atoms with Gasteiger partial charge in [0.15, 0.2) is 0 Å². The van der Waals surface area contributed by atoms with E-state index >= 15 is 0 Å².